The molecule has 2 rings (SSSR count). The number of Topliss-reactive ketones (excluding diaryl/α,β-unsaturated/α-hetero) is 1. The summed E-state index contributed by atoms with van der Waals surface area (Å²) >= 11 is 0. The minimum atomic E-state index is -4.11. The molecule has 1 unspecified atom stereocenters. The Morgan fingerprint density at radius 3 is 2.32 bits per heavy atom. The van der Waals surface area contributed by atoms with Crippen LogP contribution in [0.2, 0.25) is 0 Å². The largest absolute Gasteiger partial charge is 0.389 e. The molecule has 1 atom stereocenters. The summed E-state index contributed by atoms with van der Waals surface area (Å²) in [6, 6.07) is 0. The second-order valence-corrected chi connectivity index (χ2v) is 5.78. The van der Waals surface area contributed by atoms with Gasteiger partial charge in [-0.1, -0.05) is 25.7 Å². The van der Waals surface area contributed by atoms with Gasteiger partial charge >= 0.3 is 6.18 Å². The summed E-state index contributed by atoms with van der Waals surface area (Å²) in [5, 5.41) is 0. The van der Waals surface area contributed by atoms with Crippen molar-refractivity contribution in [2.45, 2.75) is 70.1 Å². The second-order valence-electron chi connectivity index (χ2n) is 5.78. The first-order valence-corrected chi connectivity index (χ1v) is 7.16. The lowest BCUT2D eigenvalue weighted by molar-refractivity contribution is -0.170. The first kappa shape index (κ1) is 14.8. The van der Waals surface area contributed by atoms with E-state index >= 15 is 0 Å². The van der Waals surface area contributed by atoms with Crippen molar-refractivity contribution in [2.75, 3.05) is 6.61 Å². The fourth-order valence-electron chi connectivity index (χ4n) is 3.29. The molecule has 0 amide bonds. The van der Waals surface area contributed by atoms with E-state index in [0.717, 1.165) is 38.5 Å². The maximum atomic E-state index is 12.0. The molecule has 19 heavy (non-hydrogen) atoms. The molecular weight excluding hydrogens is 257 g/mol. The lowest BCUT2D eigenvalue weighted by Gasteiger charge is -2.47. The molecule has 1 spiro atoms. The molecule has 0 radical (unpaired) electrons. The predicted octanol–water partition coefficient (Wildman–Crippen LogP) is 4.03. The maximum absolute atomic E-state index is 12.0. The standard InChI is InChI=1S/C14H21F3O2/c15-14(16,17)8-5-9-19-12-10-11(18)13(12)6-3-1-2-4-7-13/h12H,1-10H2. The van der Waals surface area contributed by atoms with Crippen LogP contribution in [0.15, 0.2) is 0 Å². The van der Waals surface area contributed by atoms with E-state index in [1.807, 2.05) is 0 Å². The highest BCUT2D eigenvalue weighted by atomic mass is 19.4. The van der Waals surface area contributed by atoms with Crippen LogP contribution in [0.25, 0.3) is 0 Å². The van der Waals surface area contributed by atoms with E-state index in [9.17, 15) is 18.0 Å². The van der Waals surface area contributed by atoms with Gasteiger partial charge in [-0.05, 0) is 19.3 Å². The Bertz CT molecular complexity index is 317. The Morgan fingerprint density at radius 1 is 1.16 bits per heavy atom. The lowest BCUT2D eigenvalue weighted by atomic mass is 9.60. The predicted molar refractivity (Wildman–Crippen MR) is 64.8 cm³/mol. The molecule has 2 saturated carbocycles. The van der Waals surface area contributed by atoms with Crippen LogP contribution in [-0.4, -0.2) is 24.7 Å². The van der Waals surface area contributed by atoms with Gasteiger partial charge in [0.15, 0.2) is 0 Å². The van der Waals surface area contributed by atoms with Crippen molar-refractivity contribution >= 4 is 5.78 Å². The van der Waals surface area contributed by atoms with Crippen molar-refractivity contribution in [1.82, 2.24) is 0 Å². The summed E-state index contributed by atoms with van der Waals surface area (Å²) in [4.78, 5) is 11.9. The van der Waals surface area contributed by atoms with Gasteiger partial charge in [-0.15, -0.1) is 0 Å². The molecule has 0 heterocycles. The minimum absolute atomic E-state index is 0.00965. The van der Waals surface area contributed by atoms with E-state index in [-0.39, 0.29) is 30.3 Å². The van der Waals surface area contributed by atoms with Crippen molar-refractivity contribution in [2.24, 2.45) is 5.41 Å². The van der Waals surface area contributed by atoms with E-state index < -0.39 is 12.6 Å². The monoisotopic (exact) mass is 278 g/mol. The topological polar surface area (TPSA) is 26.3 Å². The number of ketones is 1. The third kappa shape index (κ3) is 3.50. The van der Waals surface area contributed by atoms with Crippen LogP contribution in [0, 0.1) is 5.41 Å². The summed E-state index contributed by atoms with van der Waals surface area (Å²) in [5.41, 5.74) is -0.352. The third-order valence-electron chi connectivity index (χ3n) is 4.46. The van der Waals surface area contributed by atoms with Crippen LogP contribution in [0.3, 0.4) is 0 Å². The summed E-state index contributed by atoms with van der Waals surface area (Å²) in [6.07, 6.45) is 1.42. The van der Waals surface area contributed by atoms with Crippen molar-refractivity contribution in [3.05, 3.63) is 0 Å². The fourth-order valence-corrected chi connectivity index (χ4v) is 3.29. The lowest BCUT2D eigenvalue weighted by Crippen LogP contribution is -2.55. The highest BCUT2D eigenvalue weighted by Gasteiger charge is 2.54. The first-order valence-electron chi connectivity index (χ1n) is 7.16. The average molecular weight is 278 g/mol. The molecule has 0 aromatic carbocycles. The highest BCUT2D eigenvalue weighted by molar-refractivity contribution is 5.92. The molecule has 0 aliphatic heterocycles. The first-order chi connectivity index (χ1) is 8.94. The van der Waals surface area contributed by atoms with Gasteiger partial charge in [-0.25, -0.2) is 0 Å². The molecule has 0 aromatic heterocycles. The van der Waals surface area contributed by atoms with Gasteiger partial charge < -0.3 is 4.74 Å². The Hall–Kier alpha value is -0.580. The second kappa shape index (κ2) is 5.81. The third-order valence-corrected chi connectivity index (χ3v) is 4.46. The molecule has 2 nitrogen and oxygen atoms in total. The Labute approximate surface area is 111 Å². The molecular formula is C14H21F3O2. The SMILES string of the molecule is O=C1CC(OCCCC(F)(F)F)C12CCCCCC2. The zero-order valence-electron chi connectivity index (χ0n) is 11.1. The van der Waals surface area contributed by atoms with Crippen molar-refractivity contribution in [3.63, 3.8) is 0 Å². The van der Waals surface area contributed by atoms with Crippen LogP contribution < -0.4 is 0 Å². The van der Waals surface area contributed by atoms with Crippen LogP contribution in [0.4, 0.5) is 13.2 Å². The highest BCUT2D eigenvalue weighted by Crippen LogP contribution is 2.49. The normalized spacial score (nSPS) is 27.1. The molecule has 0 N–H and O–H groups in total. The number of hydrogen-bond donors (Lipinski definition) is 0. The Balaban J connectivity index is 1.79. The van der Waals surface area contributed by atoms with E-state index in [4.69, 9.17) is 4.74 Å². The van der Waals surface area contributed by atoms with Gasteiger partial charge in [0.05, 0.1) is 11.5 Å². The number of carbonyl (C=O) groups is 1. The van der Waals surface area contributed by atoms with Crippen LogP contribution >= 0.6 is 0 Å². The molecule has 2 aliphatic carbocycles. The smallest absolute Gasteiger partial charge is 0.377 e. The average Bonchev–Trinajstić information content (AvgIpc) is 2.59. The van der Waals surface area contributed by atoms with Gasteiger partial charge in [0.2, 0.25) is 0 Å². The van der Waals surface area contributed by atoms with E-state index in [2.05, 4.69) is 0 Å². The minimum Gasteiger partial charge on any atom is -0.377 e. The molecule has 0 aromatic rings. The Morgan fingerprint density at radius 2 is 1.79 bits per heavy atom. The number of rotatable bonds is 4. The van der Waals surface area contributed by atoms with Crippen molar-refractivity contribution in [1.29, 1.82) is 0 Å². The summed E-state index contributed by atoms with van der Waals surface area (Å²) in [5.74, 6) is 0.259. The van der Waals surface area contributed by atoms with Gasteiger partial charge in [0.1, 0.15) is 5.78 Å². The van der Waals surface area contributed by atoms with Gasteiger partial charge in [0, 0.05) is 19.4 Å². The molecule has 110 valence electrons. The van der Waals surface area contributed by atoms with Gasteiger partial charge in [-0.2, -0.15) is 13.2 Å². The quantitative estimate of drug-likeness (QED) is 0.726. The zero-order chi connectivity index (χ0) is 13.9. The van der Waals surface area contributed by atoms with E-state index in [1.165, 1.54) is 0 Å². The van der Waals surface area contributed by atoms with Gasteiger partial charge in [-0.3, -0.25) is 4.79 Å². The van der Waals surface area contributed by atoms with Crippen LogP contribution in [0.1, 0.15) is 57.8 Å². The summed E-state index contributed by atoms with van der Waals surface area (Å²) in [7, 11) is 0. The Kier molecular flexibility index (Phi) is 4.54. The maximum Gasteiger partial charge on any atom is 0.389 e. The number of alkyl halides is 3. The molecule has 0 bridgehead atoms. The van der Waals surface area contributed by atoms with E-state index in [0.29, 0.717) is 6.42 Å². The van der Waals surface area contributed by atoms with Crippen molar-refractivity contribution in [3.8, 4) is 0 Å². The molecule has 0 saturated heterocycles. The summed E-state index contributed by atoms with van der Waals surface area (Å²) in [6.45, 7) is 0.110. The van der Waals surface area contributed by atoms with Crippen LogP contribution in [0.5, 0.6) is 0 Å². The van der Waals surface area contributed by atoms with Gasteiger partial charge in [0.25, 0.3) is 0 Å². The molecule has 5 heteroatoms. The number of carbonyl (C=O) groups excluding carboxylic acids is 1. The number of ether oxygens (including phenoxy) is 1. The number of hydrogen-bond acceptors (Lipinski definition) is 2. The molecule has 2 fully saturated rings. The zero-order valence-corrected chi connectivity index (χ0v) is 11.1. The van der Waals surface area contributed by atoms with Crippen LogP contribution in [-0.2, 0) is 9.53 Å². The summed E-state index contributed by atoms with van der Waals surface area (Å²) < 4.78 is 41.7. The molecule has 2 aliphatic rings. The van der Waals surface area contributed by atoms with Crippen molar-refractivity contribution < 1.29 is 22.7 Å². The number of halogens is 3. The van der Waals surface area contributed by atoms with E-state index in [1.54, 1.807) is 0 Å². The fraction of sp³-hybridized carbons (Fsp3) is 0.929.